The van der Waals surface area contributed by atoms with Gasteiger partial charge < -0.3 is 10.2 Å². The summed E-state index contributed by atoms with van der Waals surface area (Å²) in [6, 6.07) is 0.659. The normalized spacial score (nSPS) is 29.4. The van der Waals surface area contributed by atoms with E-state index < -0.39 is 0 Å². The van der Waals surface area contributed by atoms with Gasteiger partial charge in [-0.3, -0.25) is 0 Å². The number of hydrogen-bond donors (Lipinski definition) is 1. The molecule has 3 heterocycles. The summed E-state index contributed by atoms with van der Waals surface area (Å²) in [5.74, 6) is 1.82. The third kappa shape index (κ3) is 1.72. The number of aryl methyl sites for hydroxylation is 1. The van der Waals surface area contributed by atoms with Gasteiger partial charge in [-0.1, -0.05) is 6.92 Å². The second-order valence-electron chi connectivity index (χ2n) is 4.67. The minimum Gasteiger partial charge on any atom is -0.342 e. The molecule has 2 unspecified atom stereocenters. The highest BCUT2D eigenvalue weighted by Gasteiger charge is 2.36. The van der Waals surface area contributed by atoms with E-state index in [-0.39, 0.29) is 0 Å². The van der Waals surface area contributed by atoms with E-state index in [1.54, 1.807) is 11.5 Å². The van der Waals surface area contributed by atoms with Gasteiger partial charge in [-0.05, 0) is 18.8 Å². The Balaban J connectivity index is 1.82. The Morgan fingerprint density at radius 3 is 3.25 bits per heavy atom. The topological polar surface area (TPSA) is 41.1 Å². The first kappa shape index (κ1) is 10.5. The molecular weight excluding hydrogens is 220 g/mol. The smallest absolute Gasteiger partial charge is 0.205 e. The van der Waals surface area contributed by atoms with Crippen LogP contribution in [0.2, 0.25) is 0 Å². The second-order valence-corrected chi connectivity index (χ2v) is 5.40. The van der Waals surface area contributed by atoms with Crippen LogP contribution < -0.4 is 10.2 Å². The molecule has 0 saturated carbocycles. The summed E-state index contributed by atoms with van der Waals surface area (Å²) >= 11 is 1.57. The molecule has 0 bridgehead atoms. The van der Waals surface area contributed by atoms with Crippen LogP contribution in [0.5, 0.6) is 0 Å². The largest absolute Gasteiger partial charge is 0.342 e. The third-order valence-corrected chi connectivity index (χ3v) is 4.49. The summed E-state index contributed by atoms with van der Waals surface area (Å²) in [4.78, 5) is 7.10. The van der Waals surface area contributed by atoms with Crippen LogP contribution in [0.25, 0.3) is 0 Å². The standard InChI is InChI=1S/C11H18N4S/c1-2-10-13-11(16-14-10)15-5-3-4-8-6-12-7-9(8)15/h8-9,12H,2-7H2,1H3. The Bertz CT molecular complexity index is 365. The molecule has 2 aliphatic rings. The number of aromatic nitrogens is 2. The van der Waals surface area contributed by atoms with Gasteiger partial charge in [0.2, 0.25) is 5.13 Å². The van der Waals surface area contributed by atoms with Crippen LogP contribution in [-0.2, 0) is 6.42 Å². The lowest BCUT2D eigenvalue weighted by Gasteiger charge is -2.36. The number of nitrogens with one attached hydrogen (secondary N) is 1. The molecule has 0 spiro atoms. The SMILES string of the molecule is CCc1nsc(N2CCCC3CNCC32)n1. The molecule has 3 rings (SSSR count). The summed E-state index contributed by atoms with van der Waals surface area (Å²) < 4.78 is 4.39. The maximum atomic E-state index is 4.62. The number of nitrogens with zero attached hydrogens (tertiary/aromatic N) is 3. The Kier molecular flexibility index (Phi) is 2.81. The molecule has 1 N–H and O–H groups in total. The fraction of sp³-hybridized carbons (Fsp3) is 0.818. The molecule has 4 nitrogen and oxygen atoms in total. The molecule has 2 atom stereocenters. The average molecular weight is 238 g/mol. The van der Waals surface area contributed by atoms with Crippen molar-refractivity contribution >= 4 is 16.7 Å². The molecule has 2 saturated heterocycles. The second kappa shape index (κ2) is 4.30. The Morgan fingerprint density at radius 2 is 2.44 bits per heavy atom. The lowest BCUT2D eigenvalue weighted by molar-refractivity contribution is 0.385. The maximum Gasteiger partial charge on any atom is 0.205 e. The van der Waals surface area contributed by atoms with Crippen molar-refractivity contribution < 1.29 is 0 Å². The highest BCUT2D eigenvalue weighted by Crippen LogP contribution is 2.31. The first-order chi connectivity index (χ1) is 7.88. The zero-order valence-electron chi connectivity index (χ0n) is 9.65. The van der Waals surface area contributed by atoms with E-state index in [9.17, 15) is 0 Å². The van der Waals surface area contributed by atoms with E-state index in [1.807, 2.05) is 0 Å². The van der Waals surface area contributed by atoms with Crippen molar-refractivity contribution in [2.75, 3.05) is 24.5 Å². The van der Waals surface area contributed by atoms with Crippen LogP contribution in [0.3, 0.4) is 0 Å². The monoisotopic (exact) mass is 238 g/mol. The molecular formula is C11H18N4S. The fourth-order valence-electron chi connectivity index (χ4n) is 2.81. The zero-order chi connectivity index (χ0) is 11.0. The van der Waals surface area contributed by atoms with E-state index in [0.717, 1.165) is 36.4 Å². The maximum absolute atomic E-state index is 4.62. The van der Waals surface area contributed by atoms with Crippen LogP contribution >= 0.6 is 11.5 Å². The van der Waals surface area contributed by atoms with Gasteiger partial charge in [-0.15, -0.1) is 0 Å². The summed E-state index contributed by atoms with van der Waals surface area (Å²) in [7, 11) is 0. The summed E-state index contributed by atoms with van der Waals surface area (Å²) in [6.07, 6.45) is 3.61. The van der Waals surface area contributed by atoms with Crippen molar-refractivity contribution in [1.82, 2.24) is 14.7 Å². The van der Waals surface area contributed by atoms with Crippen molar-refractivity contribution in [3.05, 3.63) is 5.82 Å². The molecule has 88 valence electrons. The zero-order valence-corrected chi connectivity index (χ0v) is 10.5. The Morgan fingerprint density at radius 1 is 1.50 bits per heavy atom. The minimum atomic E-state index is 0.659. The van der Waals surface area contributed by atoms with Gasteiger partial charge in [0.15, 0.2) is 0 Å². The van der Waals surface area contributed by atoms with Crippen LogP contribution in [-0.4, -0.2) is 35.0 Å². The fourth-order valence-corrected chi connectivity index (χ4v) is 3.65. The van der Waals surface area contributed by atoms with Gasteiger partial charge in [0.25, 0.3) is 0 Å². The molecule has 0 amide bonds. The van der Waals surface area contributed by atoms with Crippen LogP contribution in [0.1, 0.15) is 25.6 Å². The number of fused-ring (bicyclic) bond motifs is 1. The van der Waals surface area contributed by atoms with E-state index in [2.05, 4.69) is 26.5 Å². The number of hydrogen-bond acceptors (Lipinski definition) is 5. The Labute approximate surface area is 100 Å². The molecule has 5 heteroatoms. The average Bonchev–Trinajstić information content (AvgIpc) is 2.97. The predicted molar refractivity (Wildman–Crippen MR) is 66.0 cm³/mol. The van der Waals surface area contributed by atoms with Gasteiger partial charge in [-0.25, -0.2) is 4.98 Å². The molecule has 16 heavy (non-hydrogen) atoms. The molecule has 1 aromatic rings. The third-order valence-electron chi connectivity index (χ3n) is 3.70. The van der Waals surface area contributed by atoms with Crippen molar-refractivity contribution in [2.24, 2.45) is 5.92 Å². The number of rotatable bonds is 2. The van der Waals surface area contributed by atoms with E-state index in [4.69, 9.17) is 0 Å². The number of anilines is 1. The van der Waals surface area contributed by atoms with Crippen molar-refractivity contribution in [3.8, 4) is 0 Å². The molecule has 2 fully saturated rings. The van der Waals surface area contributed by atoms with Gasteiger partial charge in [0.05, 0.1) is 0 Å². The van der Waals surface area contributed by atoms with Gasteiger partial charge in [0, 0.05) is 43.6 Å². The van der Waals surface area contributed by atoms with Gasteiger partial charge >= 0.3 is 0 Å². The molecule has 2 aliphatic heterocycles. The first-order valence-electron chi connectivity index (χ1n) is 6.18. The van der Waals surface area contributed by atoms with Gasteiger partial charge in [-0.2, -0.15) is 4.37 Å². The van der Waals surface area contributed by atoms with Crippen molar-refractivity contribution in [3.63, 3.8) is 0 Å². The van der Waals surface area contributed by atoms with Crippen molar-refractivity contribution in [1.29, 1.82) is 0 Å². The summed E-state index contributed by atoms with van der Waals surface area (Å²) in [5, 5.41) is 4.63. The molecule has 0 aliphatic carbocycles. The van der Waals surface area contributed by atoms with Gasteiger partial charge in [0.1, 0.15) is 5.82 Å². The van der Waals surface area contributed by atoms with E-state index >= 15 is 0 Å². The highest BCUT2D eigenvalue weighted by atomic mass is 32.1. The molecule has 0 radical (unpaired) electrons. The quantitative estimate of drug-likeness (QED) is 0.843. The Hall–Kier alpha value is -0.680. The summed E-state index contributed by atoms with van der Waals surface area (Å²) in [5.41, 5.74) is 0. The van der Waals surface area contributed by atoms with E-state index in [0.29, 0.717) is 6.04 Å². The van der Waals surface area contributed by atoms with Crippen molar-refractivity contribution in [2.45, 2.75) is 32.2 Å². The minimum absolute atomic E-state index is 0.659. The highest BCUT2D eigenvalue weighted by molar-refractivity contribution is 7.09. The lowest BCUT2D eigenvalue weighted by Crippen LogP contribution is -2.45. The van der Waals surface area contributed by atoms with Crippen LogP contribution in [0.4, 0.5) is 5.13 Å². The first-order valence-corrected chi connectivity index (χ1v) is 6.95. The van der Waals surface area contributed by atoms with E-state index in [1.165, 1.54) is 19.4 Å². The molecule has 1 aromatic heterocycles. The predicted octanol–water partition coefficient (Wildman–Crippen LogP) is 1.29. The lowest BCUT2D eigenvalue weighted by atomic mass is 9.92. The molecule has 0 aromatic carbocycles. The van der Waals surface area contributed by atoms with Crippen LogP contribution in [0.15, 0.2) is 0 Å². The summed E-state index contributed by atoms with van der Waals surface area (Å²) in [6.45, 7) is 5.56. The van der Waals surface area contributed by atoms with Crippen LogP contribution in [0, 0.1) is 5.92 Å². The number of piperidine rings is 1.